The van der Waals surface area contributed by atoms with Gasteiger partial charge in [0.25, 0.3) is 0 Å². The molecule has 2 aliphatic heterocycles. The Balaban J connectivity index is 0.000000137. The Morgan fingerprint density at radius 3 is 1.61 bits per heavy atom. The van der Waals surface area contributed by atoms with Crippen molar-refractivity contribution in [3.05, 3.63) is 221 Å². The van der Waals surface area contributed by atoms with E-state index in [0.29, 0.717) is 21.9 Å². The summed E-state index contributed by atoms with van der Waals surface area (Å²) in [5.74, 6) is 3.48. The van der Waals surface area contributed by atoms with Gasteiger partial charge in [0, 0.05) is 49.8 Å². The number of pyridine rings is 3. The zero-order chi connectivity index (χ0) is 41.6. The van der Waals surface area contributed by atoms with Gasteiger partial charge in [0.2, 0.25) is 0 Å². The third-order valence-electron chi connectivity index (χ3n) is 10.4. The predicted octanol–water partition coefficient (Wildman–Crippen LogP) is 12.2. The largest absolute Gasteiger partial charge is 0.500 e. The number of hydrogen-bond donors (Lipinski definition) is 0. The normalized spacial score (nSPS) is 12.2. The average molecular weight is 977 g/mol. The Labute approximate surface area is 368 Å². The van der Waals surface area contributed by atoms with Crippen LogP contribution in [0, 0.1) is 26.8 Å². The van der Waals surface area contributed by atoms with Crippen molar-refractivity contribution < 1.29 is 34.0 Å². The zero-order valence-electron chi connectivity index (χ0n) is 34.1. The SMILES string of the molecule is C=CC1=CCc2cc(-c3ncccc3C)ccc2O1.C=CC1=CCc2cc(-c3ncccc3C)ccc2O1.Cc1cccnc1-c1[c-]cc2oc3ccccc3c(=O)c2c1.[Ir]. The van der Waals surface area contributed by atoms with Crippen molar-refractivity contribution in [1.29, 1.82) is 0 Å². The third kappa shape index (κ3) is 9.27. The summed E-state index contributed by atoms with van der Waals surface area (Å²) in [4.78, 5) is 26.0. The van der Waals surface area contributed by atoms with Gasteiger partial charge in [0.15, 0.2) is 5.43 Å². The number of aryl methyl sites for hydroxylation is 3. The van der Waals surface area contributed by atoms with E-state index in [9.17, 15) is 4.79 Å². The molecule has 4 aromatic heterocycles. The van der Waals surface area contributed by atoms with Crippen molar-refractivity contribution >= 4 is 21.9 Å². The quantitative estimate of drug-likeness (QED) is 0.125. The second-order valence-corrected chi connectivity index (χ2v) is 14.4. The Kier molecular flexibility index (Phi) is 13.1. The molecule has 0 unspecified atom stereocenters. The average Bonchev–Trinajstić information content (AvgIpc) is 3.29. The molecule has 0 atom stereocenters. The molecule has 61 heavy (non-hydrogen) atoms. The van der Waals surface area contributed by atoms with Crippen LogP contribution >= 0.6 is 0 Å². The number of ether oxygens (including phenoxy) is 2. The molecular weight excluding hydrogens is 935 g/mol. The first-order chi connectivity index (χ1) is 29.3. The first kappa shape index (κ1) is 42.1. The molecule has 6 heterocycles. The fourth-order valence-corrected chi connectivity index (χ4v) is 7.21. The van der Waals surface area contributed by atoms with E-state index in [1.54, 1.807) is 36.5 Å². The fourth-order valence-electron chi connectivity index (χ4n) is 7.21. The topological polar surface area (TPSA) is 87.3 Å². The molecule has 10 rings (SSSR count). The Morgan fingerprint density at radius 1 is 0.590 bits per heavy atom. The van der Waals surface area contributed by atoms with Gasteiger partial charge in [-0.3, -0.25) is 14.8 Å². The summed E-state index contributed by atoms with van der Waals surface area (Å²) in [5, 5.41) is 1.14. The van der Waals surface area contributed by atoms with Crippen LogP contribution in [0.2, 0.25) is 0 Å². The summed E-state index contributed by atoms with van der Waals surface area (Å²) in [6.45, 7) is 13.6. The molecule has 0 aliphatic carbocycles. The van der Waals surface area contributed by atoms with Crippen molar-refractivity contribution in [2.75, 3.05) is 0 Å². The van der Waals surface area contributed by atoms with Crippen LogP contribution in [0.5, 0.6) is 11.5 Å². The smallest absolute Gasteiger partial charge is 0.182 e. The molecule has 2 aliphatic rings. The van der Waals surface area contributed by atoms with Crippen molar-refractivity contribution in [3.63, 3.8) is 0 Å². The molecule has 7 nitrogen and oxygen atoms in total. The van der Waals surface area contributed by atoms with E-state index in [2.05, 4.69) is 84.4 Å². The molecule has 8 heteroatoms. The molecule has 0 bridgehead atoms. The van der Waals surface area contributed by atoms with E-state index in [1.165, 1.54) is 22.3 Å². The van der Waals surface area contributed by atoms with E-state index in [1.807, 2.05) is 86.1 Å². The minimum Gasteiger partial charge on any atom is -0.500 e. The Bertz CT molecular complexity index is 2940. The van der Waals surface area contributed by atoms with E-state index < -0.39 is 0 Å². The molecule has 0 N–H and O–H groups in total. The van der Waals surface area contributed by atoms with Gasteiger partial charge in [-0.25, -0.2) is 0 Å². The van der Waals surface area contributed by atoms with Crippen molar-refractivity contribution in [2.24, 2.45) is 0 Å². The summed E-state index contributed by atoms with van der Waals surface area (Å²) < 4.78 is 17.2. The third-order valence-corrected chi connectivity index (χ3v) is 10.4. The van der Waals surface area contributed by atoms with Crippen LogP contribution in [0.4, 0.5) is 0 Å². The monoisotopic (exact) mass is 977 g/mol. The first-order valence-corrected chi connectivity index (χ1v) is 19.7. The molecule has 0 saturated carbocycles. The molecule has 0 saturated heterocycles. The number of para-hydroxylation sites is 1. The van der Waals surface area contributed by atoms with Crippen LogP contribution in [0.1, 0.15) is 27.8 Å². The van der Waals surface area contributed by atoms with Gasteiger partial charge in [0.1, 0.15) is 28.6 Å². The summed E-state index contributed by atoms with van der Waals surface area (Å²) in [6.07, 6.45) is 14.7. The Morgan fingerprint density at radius 2 is 1.10 bits per heavy atom. The number of rotatable bonds is 5. The van der Waals surface area contributed by atoms with Crippen molar-refractivity contribution in [1.82, 2.24) is 15.0 Å². The van der Waals surface area contributed by atoms with Crippen LogP contribution in [-0.4, -0.2) is 15.0 Å². The van der Waals surface area contributed by atoms with E-state index in [4.69, 9.17) is 13.9 Å². The second-order valence-electron chi connectivity index (χ2n) is 14.4. The first-order valence-electron chi connectivity index (χ1n) is 19.7. The summed E-state index contributed by atoms with van der Waals surface area (Å²) >= 11 is 0. The van der Waals surface area contributed by atoms with E-state index in [0.717, 1.165) is 75.2 Å². The summed E-state index contributed by atoms with van der Waals surface area (Å²) in [5.41, 5.74) is 12.9. The predicted molar refractivity (Wildman–Crippen MR) is 241 cm³/mol. The van der Waals surface area contributed by atoms with Gasteiger partial charge in [-0.05, 0) is 158 Å². The van der Waals surface area contributed by atoms with Crippen molar-refractivity contribution in [3.8, 4) is 45.3 Å². The van der Waals surface area contributed by atoms with Crippen LogP contribution in [0.3, 0.4) is 0 Å². The number of hydrogen-bond acceptors (Lipinski definition) is 7. The number of fused-ring (bicyclic) bond motifs is 4. The zero-order valence-corrected chi connectivity index (χ0v) is 36.5. The second kappa shape index (κ2) is 18.9. The standard InChI is InChI=1S/C19H12NO2.2C17H15NO.Ir/c1-12-5-4-10-20-18(12)13-8-9-17-15(11-13)19(21)14-6-2-3-7-16(14)22-17;2*1-3-15-8-6-13-11-14(7-9-16(13)19-15)17-12(2)5-4-10-18-17;/h2-7,9-11H,1H3;2*3-5,7-11H,1,6H2,2H3;/q-1;;;. The maximum Gasteiger partial charge on any atom is 0.182 e. The van der Waals surface area contributed by atoms with E-state index >= 15 is 0 Å². The van der Waals surface area contributed by atoms with Gasteiger partial charge in [-0.15, -0.1) is 23.8 Å². The molecule has 0 spiro atoms. The fraction of sp³-hybridized carbons (Fsp3) is 0.0943. The molecule has 0 amide bonds. The molecule has 8 aromatic rings. The van der Waals surface area contributed by atoms with Crippen molar-refractivity contribution in [2.45, 2.75) is 33.6 Å². The van der Waals surface area contributed by atoms with Gasteiger partial charge in [-0.1, -0.05) is 49.1 Å². The number of benzene rings is 4. The van der Waals surface area contributed by atoms with E-state index in [-0.39, 0.29) is 25.5 Å². The summed E-state index contributed by atoms with van der Waals surface area (Å²) in [6, 6.07) is 38.3. The molecular formula is C53H42IrN3O4-. The molecule has 1 radical (unpaired) electrons. The molecule has 0 fully saturated rings. The van der Waals surface area contributed by atoms with Crippen LogP contribution in [0.25, 0.3) is 55.7 Å². The number of aromatic nitrogens is 3. The Hall–Kier alpha value is -6.99. The van der Waals surface area contributed by atoms with Gasteiger partial charge < -0.3 is 18.9 Å². The van der Waals surface area contributed by atoms with Crippen LogP contribution < -0.4 is 14.9 Å². The number of nitrogens with zero attached hydrogens (tertiary/aromatic N) is 3. The minimum absolute atomic E-state index is 0. The van der Waals surface area contributed by atoms with Gasteiger partial charge >= 0.3 is 0 Å². The van der Waals surface area contributed by atoms with Crippen LogP contribution in [-0.2, 0) is 32.9 Å². The molecule has 4 aromatic carbocycles. The molecule has 303 valence electrons. The number of allylic oxidation sites excluding steroid dienone is 4. The van der Waals surface area contributed by atoms with Gasteiger partial charge in [-0.2, -0.15) is 0 Å². The maximum atomic E-state index is 12.7. The maximum absolute atomic E-state index is 12.7. The van der Waals surface area contributed by atoms with Crippen LogP contribution in [0.15, 0.2) is 186 Å². The van der Waals surface area contributed by atoms with Gasteiger partial charge in [0.05, 0.1) is 22.4 Å². The summed E-state index contributed by atoms with van der Waals surface area (Å²) in [7, 11) is 0. The minimum atomic E-state index is -0.0271.